The summed E-state index contributed by atoms with van der Waals surface area (Å²) in [7, 11) is 5.63. The third-order valence-corrected chi connectivity index (χ3v) is 3.87. The molecule has 0 aromatic heterocycles. The molecule has 5 heteroatoms. The van der Waals surface area contributed by atoms with Gasteiger partial charge in [0.2, 0.25) is 0 Å². The maximum atomic E-state index is 12.1. The number of rotatable bonds is 6. The largest absolute Gasteiger partial charge is 0.497 e. The number of hydrogen-bond acceptors (Lipinski definition) is 3. The first-order valence-corrected chi connectivity index (χ1v) is 7.91. The van der Waals surface area contributed by atoms with E-state index in [1.807, 2.05) is 69.6 Å². The first kappa shape index (κ1) is 17.8. The van der Waals surface area contributed by atoms with E-state index in [9.17, 15) is 4.79 Å². The minimum absolute atomic E-state index is 0.0591. The van der Waals surface area contributed by atoms with E-state index in [0.29, 0.717) is 6.54 Å². The lowest BCUT2D eigenvalue weighted by Crippen LogP contribution is -2.36. The summed E-state index contributed by atoms with van der Waals surface area (Å²) in [5.41, 5.74) is 3.03. The van der Waals surface area contributed by atoms with Gasteiger partial charge in [0.1, 0.15) is 5.75 Å². The predicted molar refractivity (Wildman–Crippen MR) is 97.6 cm³/mol. The Balaban J connectivity index is 1.98. The minimum atomic E-state index is -0.214. The molecule has 0 bridgehead atoms. The van der Waals surface area contributed by atoms with Crippen LogP contribution < -0.4 is 15.4 Å². The smallest absolute Gasteiger partial charge is 0.319 e. The van der Waals surface area contributed by atoms with E-state index in [1.54, 1.807) is 7.11 Å². The fourth-order valence-electron chi connectivity index (χ4n) is 2.45. The molecule has 2 amide bonds. The monoisotopic (exact) mass is 327 g/mol. The SMILES string of the molecule is COc1cccc([C@H](CNC(=O)Nc2ccc(C)cc2)N(C)C)c1. The highest BCUT2D eigenvalue weighted by molar-refractivity contribution is 5.89. The second-order valence-corrected chi connectivity index (χ2v) is 5.96. The fraction of sp³-hybridized carbons (Fsp3) is 0.316. The zero-order valence-electron chi connectivity index (χ0n) is 14.7. The van der Waals surface area contributed by atoms with Crippen LogP contribution in [0, 0.1) is 6.92 Å². The van der Waals surface area contributed by atoms with E-state index < -0.39 is 0 Å². The summed E-state index contributed by atoms with van der Waals surface area (Å²) in [6.07, 6.45) is 0. The standard InChI is InChI=1S/C19H25N3O2/c1-14-8-10-16(11-9-14)21-19(23)20-13-18(22(2)3)15-6-5-7-17(12-15)24-4/h5-12,18H,13H2,1-4H3,(H2,20,21,23)/t18-/m0/s1. The zero-order valence-corrected chi connectivity index (χ0v) is 14.7. The predicted octanol–water partition coefficient (Wildman–Crippen LogP) is 3.43. The van der Waals surface area contributed by atoms with Gasteiger partial charge < -0.3 is 20.3 Å². The van der Waals surface area contributed by atoms with Crippen LogP contribution in [-0.4, -0.2) is 38.7 Å². The van der Waals surface area contributed by atoms with Crippen molar-refractivity contribution < 1.29 is 9.53 Å². The van der Waals surface area contributed by atoms with Gasteiger partial charge in [0.25, 0.3) is 0 Å². The number of carbonyl (C=O) groups excluding carboxylic acids is 1. The van der Waals surface area contributed by atoms with Crippen molar-refractivity contribution in [3.05, 3.63) is 59.7 Å². The molecule has 0 fully saturated rings. The molecule has 0 heterocycles. The molecule has 0 unspecified atom stereocenters. The van der Waals surface area contributed by atoms with Gasteiger partial charge in [-0.25, -0.2) is 4.79 Å². The lowest BCUT2D eigenvalue weighted by atomic mass is 10.1. The van der Waals surface area contributed by atoms with Gasteiger partial charge in [0.05, 0.1) is 13.2 Å². The van der Waals surface area contributed by atoms with Crippen molar-refractivity contribution in [1.82, 2.24) is 10.2 Å². The maximum Gasteiger partial charge on any atom is 0.319 e. The van der Waals surface area contributed by atoms with Crippen molar-refractivity contribution in [2.75, 3.05) is 33.1 Å². The van der Waals surface area contributed by atoms with Crippen LogP contribution in [0.15, 0.2) is 48.5 Å². The molecule has 2 N–H and O–H groups in total. The summed E-state index contributed by atoms with van der Waals surface area (Å²) in [5.74, 6) is 0.809. The highest BCUT2D eigenvalue weighted by Gasteiger charge is 2.16. The van der Waals surface area contributed by atoms with Crippen molar-refractivity contribution >= 4 is 11.7 Å². The number of amides is 2. The van der Waals surface area contributed by atoms with Crippen LogP contribution in [0.4, 0.5) is 10.5 Å². The van der Waals surface area contributed by atoms with Gasteiger partial charge in [0.15, 0.2) is 0 Å². The normalized spacial score (nSPS) is 11.9. The lowest BCUT2D eigenvalue weighted by Gasteiger charge is -2.25. The zero-order chi connectivity index (χ0) is 17.5. The van der Waals surface area contributed by atoms with Crippen LogP contribution in [0.3, 0.4) is 0 Å². The summed E-state index contributed by atoms with van der Waals surface area (Å²) < 4.78 is 5.28. The number of nitrogens with one attached hydrogen (secondary N) is 2. The molecule has 0 spiro atoms. The number of urea groups is 1. The van der Waals surface area contributed by atoms with E-state index >= 15 is 0 Å². The first-order valence-electron chi connectivity index (χ1n) is 7.91. The van der Waals surface area contributed by atoms with Gasteiger partial charge in [0, 0.05) is 12.2 Å². The van der Waals surface area contributed by atoms with E-state index in [-0.39, 0.29) is 12.1 Å². The number of ether oxygens (including phenoxy) is 1. The molecule has 128 valence electrons. The number of carbonyl (C=O) groups is 1. The van der Waals surface area contributed by atoms with Crippen molar-refractivity contribution in [2.24, 2.45) is 0 Å². The minimum Gasteiger partial charge on any atom is -0.497 e. The third kappa shape index (κ3) is 4.99. The summed E-state index contributed by atoms with van der Waals surface area (Å²) in [4.78, 5) is 14.2. The third-order valence-electron chi connectivity index (χ3n) is 3.87. The summed E-state index contributed by atoms with van der Waals surface area (Å²) in [6, 6.07) is 15.4. The molecule has 0 aliphatic heterocycles. The molecule has 0 aliphatic carbocycles. The fourth-order valence-corrected chi connectivity index (χ4v) is 2.45. The van der Waals surface area contributed by atoms with Crippen molar-refractivity contribution in [3.8, 4) is 5.75 Å². The van der Waals surface area contributed by atoms with Crippen LogP contribution in [0.5, 0.6) is 5.75 Å². The molecule has 2 rings (SSSR count). The van der Waals surface area contributed by atoms with Crippen molar-refractivity contribution in [2.45, 2.75) is 13.0 Å². The summed E-state index contributed by atoms with van der Waals surface area (Å²) >= 11 is 0. The second kappa shape index (κ2) is 8.36. The Labute approximate surface area is 143 Å². The molecule has 1 atom stereocenters. The van der Waals surface area contributed by atoms with Gasteiger partial charge in [-0.15, -0.1) is 0 Å². The topological polar surface area (TPSA) is 53.6 Å². The Kier molecular flexibility index (Phi) is 6.21. The molecule has 0 aliphatic rings. The molecule has 5 nitrogen and oxygen atoms in total. The van der Waals surface area contributed by atoms with Crippen molar-refractivity contribution in [1.29, 1.82) is 0 Å². The average molecular weight is 327 g/mol. The highest BCUT2D eigenvalue weighted by atomic mass is 16.5. The molecule has 2 aromatic rings. The summed E-state index contributed by atoms with van der Waals surface area (Å²) in [6.45, 7) is 2.51. The Hall–Kier alpha value is -2.53. The van der Waals surface area contributed by atoms with Crippen LogP contribution in [0.1, 0.15) is 17.2 Å². The molecular formula is C19H25N3O2. The van der Waals surface area contributed by atoms with E-state index in [0.717, 1.165) is 22.6 Å². The molecule has 0 radical (unpaired) electrons. The van der Waals surface area contributed by atoms with Crippen LogP contribution in [-0.2, 0) is 0 Å². The number of nitrogens with zero attached hydrogens (tertiary/aromatic N) is 1. The van der Waals surface area contributed by atoms with E-state index in [2.05, 4.69) is 15.5 Å². The number of anilines is 1. The van der Waals surface area contributed by atoms with Crippen molar-refractivity contribution in [3.63, 3.8) is 0 Å². The van der Waals surface area contributed by atoms with Gasteiger partial charge in [-0.2, -0.15) is 0 Å². The molecule has 24 heavy (non-hydrogen) atoms. The highest BCUT2D eigenvalue weighted by Crippen LogP contribution is 2.22. The molecule has 0 saturated carbocycles. The van der Waals surface area contributed by atoms with Crippen LogP contribution in [0.2, 0.25) is 0 Å². The first-order chi connectivity index (χ1) is 11.5. The van der Waals surface area contributed by atoms with Gasteiger partial charge >= 0.3 is 6.03 Å². The quantitative estimate of drug-likeness (QED) is 0.855. The lowest BCUT2D eigenvalue weighted by molar-refractivity contribution is 0.243. The Bertz CT molecular complexity index is 669. The second-order valence-electron chi connectivity index (χ2n) is 5.96. The van der Waals surface area contributed by atoms with E-state index in [4.69, 9.17) is 4.74 Å². The van der Waals surface area contributed by atoms with Gasteiger partial charge in [-0.05, 0) is 50.8 Å². The maximum absolute atomic E-state index is 12.1. The summed E-state index contributed by atoms with van der Waals surface area (Å²) in [5, 5.41) is 5.77. The number of likely N-dealkylation sites (N-methyl/N-ethyl adjacent to an activating group) is 1. The Morgan fingerprint density at radius 3 is 2.50 bits per heavy atom. The average Bonchev–Trinajstić information content (AvgIpc) is 2.57. The Morgan fingerprint density at radius 1 is 1.17 bits per heavy atom. The van der Waals surface area contributed by atoms with Crippen LogP contribution >= 0.6 is 0 Å². The number of hydrogen-bond donors (Lipinski definition) is 2. The van der Waals surface area contributed by atoms with Gasteiger partial charge in [-0.1, -0.05) is 29.8 Å². The van der Waals surface area contributed by atoms with Crippen LogP contribution in [0.25, 0.3) is 0 Å². The molecule has 0 saturated heterocycles. The Morgan fingerprint density at radius 2 is 1.88 bits per heavy atom. The molecular weight excluding hydrogens is 302 g/mol. The molecule has 2 aromatic carbocycles. The van der Waals surface area contributed by atoms with Gasteiger partial charge in [-0.3, -0.25) is 0 Å². The number of methoxy groups -OCH3 is 1. The number of aryl methyl sites for hydroxylation is 1. The van der Waals surface area contributed by atoms with E-state index in [1.165, 1.54) is 0 Å². The number of benzene rings is 2.